The number of hydrogen-bond acceptors (Lipinski definition) is 3. The molecule has 1 amide bonds. The van der Waals surface area contributed by atoms with Crippen molar-refractivity contribution in [3.8, 4) is 5.75 Å². The summed E-state index contributed by atoms with van der Waals surface area (Å²) in [6, 6.07) is 7.93. The zero-order valence-corrected chi connectivity index (χ0v) is 11.4. The predicted octanol–water partition coefficient (Wildman–Crippen LogP) is 3.46. The van der Waals surface area contributed by atoms with E-state index in [0.29, 0.717) is 15.2 Å². The third kappa shape index (κ3) is 2.80. The molecule has 1 heterocycles. The fraction of sp³-hybridized carbons (Fsp3) is 0. The first kappa shape index (κ1) is 12.9. The van der Waals surface area contributed by atoms with E-state index < -0.39 is 5.91 Å². The summed E-state index contributed by atoms with van der Waals surface area (Å²) in [4.78, 5) is 15.7. The Bertz CT molecular complexity index is 604. The number of carbonyl (C=O) groups excluding carboxylic acids is 1. The lowest BCUT2D eigenvalue weighted by atomic mass is 10.2. The van der Waals surface area contributed by atoms with Crippen LogP contribution in [-0.4, -0.2) is 16.0 Å². The summed E-state index contributed by atoms with van der Waals surface area (Å²) in [6.07, 6.45) is 1.44. The number of halogens is 2. The fourth-order valence-corrected chi connectivity index (χ4v) is 1.83. The smallest absolute Gasteiger partial charge is 0.278 e. The Morgan fingerprint density at radius 2 is 2.17 bits per heavy atom. The molecule has 0 bridgehead atoms. The Labute approximate surface area is 117 Å². The molecule has 6 heteroatoms. The SMILES string of the molecule is O=C(Nc1ccc(Cl)c(Br)c1)c1ncccc1O. The van der Waals surface area contributed by atoms with E-state index in [9.17, 15) is 9.90 Å². The van der Waals surface area contributed by atoms with E-state index in [1.165, 1.54) is 12.3 Å². The van der Waals surface area contributed by atoms with Gasteiger partial charge in [-0.1, -0.05) is 11.6 Å². The number of aromatic hydroxyl groups is 1. The molecule has 0 fully saturated rings. The van der Waals surface area contributed by atoms with Gasteiger partial charge in [0, 0.05) is 16.4 Å². The van der Waals surface area contributed by atoms with Crippen LogP contribution in [-0.2, 0) is 0 Å². The molecule has 2 aromatic rings. The highest BCUT2D eigenvalue weighted by Crippen LogP contribution is 2.26. The second-order valence-corrected chi connectivity index (χ2v) is 4.72. The highest BCUT2D eigenvalue weighted by atomic mass is 79.9. The molecule has 0 spiro atoms. The van der Waals surface area contributed by atoms with Crippen LogP contribution in [0.2, 0.25) is 5.02 Å². The molecule has 18 heavy (non-hydrogen) atoms. The van der Waals surface area contributed by atoms with Gasteiger partial charge in [-0.15, -0.1) is 0 Å². The number of anilines is 1. The monoisotopic (exact) mass is 326 g/mol. The number of nitrogens with one attached hydrogen (secondary N) is 1. The van der Waals surface area contributed by atoms with Gasteiger partial charge < -0.3 is 10.4 Å². The zero-order chi connectivity index (χ0) is 13.1. The molecule has 1 aromatic heterocycles. The van der Waals surface area contributed by atoms with Crippen molar-refractivity contribution in [2.45, 2.75) is 0 Å². The summed E-state index contributed by atoms with van der Waals surface area (Å²) in [6.45, 7) is 0. The molecule has 0 saturated heterocycles. The lowest BCUT2D eigenvalue weighted by Crippen LogP contribution is -2.13. The average molecular weight is 328 g/mol. The molecule has 0 aliphatic heterocycles. The van der Waals surface area contributed by atoms with Crippen LogP contribution < -0.4 is 5.32 Å². The lowest BCUT2D eigenvalue weighted by molar-refractivity contribution is 0.101. The molecule has 0 atom stereocenters. The van der Waals surface area contributed by atoms with Crippen molar-refractivity contribution in [2.24, 2.45) is 0 Å². The van der Waals surface area contributed by atoms with Gasteiger partial charge in [0.1, 0.15) is 5.75 Å². The molecule has 4 nitrogen and oxygen atoms in total. The van der Waals surface area contributed by atoms with E-state index in [1.54, 1.807) is 24.3 Å². The van der Waals surface area contributed by atoms with Crippen LogP contribution in [0, 0.1) is 0 Å². The molecule has 0 aliphatic carbocycles. The highest BCUT2D eigenvalue weighted by molar-refractivity contribution is 9.10. The van der Waals surface area contributed by atoms with Crippen LogP contribution in [0.3, 0.4) is 0 Å². The lowest BCUT2D eigenvalue weighted by Gasteiger charge is -2.06. The van der Waals surface area contributed by atoms with Crippen LogP contribution >= 0.6 is 27.5 Å². The number of rotatable bonds is 2. The van der Waals surface area contributed by atoms with Gasteiger partial charge in [-0.2, -0.15) is 0 Å². The number of aromatic nitrogens is 1. The molecule has 0 radical (unpaired) electrons. The van der Waals surface area contributed by atoms with Crippen molar-refractivity contribution in [2.75, 3.05) is 5.32 Å². The van der Waals surface area contributed by atoms with Gasteiger partial charge in [-0.05, 0) is 46.3 Å². The van der Waals surface area contributed by atoms with E-state index in [2.05, 4.69) is 26.2 Å². The van der Waals surface area contributed by atoms with Gasteiger partial charge in [0.25, 0.3) is 5.91 Å². The van der Waals surface area contributed by atoms with E-state index in [-0.39, 0.29) is 11.4 Å². The molecule has 1 aromatic carbocycles. The number of carbonyl (C=O) groups is 1. The Hall–Kier alpha value is -1.59. The molecule has 0 saturated carbocycles. The van der Waals surface area contributed by atoms with Gasteiger partial charge in [0.2, 0.25) is 0 Å². The summed E-state index contributed by atoms with van der Waals surface area (Å²) in [5.74, 6) is -0.648. The van der Waals surface area contributed by atoms with Gasteiger partial charge in [0.15, 0.2) is 5.69 Å². The van der Waals surface area contributed by atoms with E-state index in [0.717, 1.165) is 0 Å². The van der Waals surface area contributed by atoms with Crippen molar-refractivity contribution in [1.29, 1.82) is 0 Å². The molecule has 0 aliphatic rings. The molecule has 2 N–H and O–H groups in total. The van der Waals surface area contributed by atoms with E-state index >= 15 is 0 Å². The van der Waals surface area contributed by atoms with Crippen LogP contribution in [0.4, 0.5) is 5.69 Å². The number of nitrogens with zero attached hydrogens (tertiary/aromatic N) is 1. The third-order valence-corrected chi connectivity index (χ3v) is 3.39. The second-order valence-electron chi connectivity index (χ2n) is 3.45. The standard InChI is InChI=1S/C12H8BrClN2O2/c13-8-6-7(3-4-9(8)14)16-12(18)11-10(17)2-1-5-15-11/h1-6,17H,(H,16,18). The molecule has 92 valence electrons. The van der Waals surface area contributed by atoms with Gasteiger partial charge in [-0.3, -0.25) is 4.79 Å². The molecule has 0 unspecified atom stereocenters. The Morgan fingerprint density at radius 1 is 1.39 bits per heavy atom. The highest BCUT2D eigenvalue weighted by Gasteiger charge is 2.12. The second kappa shape index (κ2) is 5.37. The Balaban J connectivity index is 2.22. The summed E-state index contributed by atoms with van der Waals surface area (Å²) in [7, 11) is 0. The van der Waals surface area contributed by atoms with E-state index in [4.69, 9.17) is 11.6 Å². The minimum Gasteiger partial charge on any atom is -0.505 e. The van der Waals surface area contributed by atoms with Gasteiger partial charge in [0.05, 0.1) is 5.02 Å². The van der Waals surface area contributed by atoms with Crippen molar-refractivity contribution in [3.05, 3.63) is 51.7 Å². The first-order valence-electron chi connectivity index (χ1n) is 4.98. The van der Waals surface area contributed by atoms with Gasteiger partial charge >= 0.3 is 0 Å². The topological polar surface area (TPSA) is 62.2 Å². The van der Waals surface area contributed by atoms with Crippen LogP contribution in [0.1, 0.15) is 10.5 Å². The summed E-state index contributed by atoms with van der Waals surface area (Å²) in [5.41, 5.74) is 0.532. The number of benzene rings is 1. The summed E-state index contributed by atoms with van der Waals surface area (Å²) >= 11 is 9.11. The average Bonchev–Trinajstić information content (AvgIpc) is 2.34. The zero-order valence-electron chi connectivity index (χ0n) is 9.02. The summed E-state index contributed by atoms with van der Waals surface area (Å²) in [5, 5.41) is 12.7. The maximum atomic E-state index is 11.8. The fourth-order valence-electron chi connectivity index (χ4n) is 1.34. The van der Waals surface area contributed by atoms with Crippen LogP contribution in [0.25, 0.3) is 0 Å². The van der Waals surface area contributed by atoms with Crippen LogP contribution in [0.15, 0.2) is 41.0 Å². The minimum absolute atomic E-state index is 0.0245. The van der Waals surface area contributed by atoms with Crippen molar-refractivity contribution in [3.63, 3.8) is 0 Å². The largest absolute Gasteiger partial charge is 0.505 e. The normalized spacial score (nSPS) is 10.1. The quantitative estimate of drug-likeness (QED) is 0.888. The van der Waals surface area contributed by atoms with Crippen LogP contribution in [0.5, 0.6) is 5.75 Å². The van der Waals surface area contributed by atoms with Crippen molar-refractivity contribution in [1.82, 2.24) is 4.98 Å². The third-order valence-electron chi connectivity index (χ3n) is 2.18. The number of pyridine rings is 1. The first-order chi connectivity index (χ1) is 8.58. The first-order valence-corrected chi connectivity index (χ1v) is 6.15. The predicted molar refractivity (Wildman–Crippen MR) is 73.0 cm³/mol. The summed E-state index contributed by atoms with van der Waals surface area (Å²) < 4.78 is 0.673. The van der Waals surface area contributed by atoms with Crippen molar-refractivity contribution < 1.29 is 9.90 Å². The molecular formula is C12H8BrClN2O2. The van der Waals surface area contributed by atoms with Crippen molar-refractivity contribution >= 4 is 39.1 Å². The maximum absolute atomic E-state index is 11.8. The van der Waals surface area contributed by atoms with E-state index in [1.807, 2.05) is 0 Å². The Kier molecular flexibility index (Phi) is 3.84. The van der Waals surface area contributed by atoms with Gasteiger partial charge in [-0.25, -0.2) is 4.98 Å². The minimum atomic E-state index is -0.484. The number of amides is 1. The molecule has 2 rings (SSSR count). The number of hydrogen-bond donors (Lipinski definition) is 2. The molecular weight excluding hydrogens is 320 g/mol. The maximum Gasteiger partial charge on any atom is 0.278 e. The Morgan fingerprint density at radius 3 is 2.83 bits per heavy atom.